The third kappa shape index (κ3) is 4.76. The Kier molecular flexibility index (Phi) is 6.79. The number of imidazole rings is 1. The molecule has 0 bridgehead atoms. The number of amides is 1. The highest BCUT2D eigenvalue weighted by atomic mass is 32.2. The zero-order chi connectivity index (χ0) is 20.1. The summed E-state index contributed by atoms with van der Waals surface area (Å²) >= 11 is 1.41. The fourth-order valence-electron chi connectivity index (χ4n) is 3.07. The number of sulfonamides is 1. The van der Waals surface area contributed by atoms with Crippen molar-refractivity contribution in [2.45, 2.75) is 55.0 Å². The van der Waals surface area contributed by atoms with Crippen LogP contribution in [0.15, 0.2) is 46.7 Å². The zero-order valence-corrected chi connectivity index (χ0v) is 17.8. The van der Waals surface area contributed by atoms with Gasteiger partial charge in [0, 0.05) is 37.7 Å². The van der Waals surface area contributed by atoms with Gasteiger partial charge in [-0.1, -0.05) is 18.7 Å². The smallest absolute Gasteiger partial charge is 0.243 e. The standard InChI is InChI=1S/C19H26N4O3S2/c1-3-11-22-14-10-20-19(22)27-15(2)18(24)21-16-6-8-17(9-7-16)28(25,26)23-12-4-5-13-23/h6-10,14-15H,3-5,11-13H2,1-2H3,(H,21,24)/t15-/m0/s1. The van der Waals surface area contributed by atoms with E-state index < -0.39 is 10.0 Å². The minimum absolute atomic E-state index is 0.147. The van der Waals surface area contributed by atoms with Gasteiger partial charge in [0.2, 0.25) is 15.9 Å². The quantitative estimate of drug-likeness (QED) is 0.661. The molecular weight excluding hydrogens is 396 g/mol. The Balaban J connectivity index is 1.61. The summed E-state index contributed by atoms with van der Waals surface area (Å²) in [7, 11) is -3.44. The average Bonchev–Trinajstić information content (AvgIpc) is 3.35. The summed E-state index contributed by atoms with van der Waals surface area (Å²) in [4.78, 5) is 17.1. The summed E-state index contributed by atoms with van der Waals surface area (Å²) in [6, 6.07) is 6.37. The molecule has 2 aromatic rings. The molecule has 1 N–H and O–H groups in total. The van der Waals surface area contributed by atoms with E-state index in [4.69, 9.17) is 0 Å². The molecule has 0 unspecified atom stereocenters. The fraction of sp³-hybridized carbons (Fsp3) is 0.474. The molecule has 0 saturated carbocycles. The predicted molar refractivity (Wildman–Crippen MR) is 111 cm³/mol. The van der Waals surface area contributed by atoms with Gasteiger partial charge in [0.1, 0.15) is 0 Å². The van der Waals surface area contributed by atoms with Crippen LogP contribution in [-0.4, -0.2) is 46.5 Å². The Labute approximate surface area is 170 Å². The van der Waals surface area contributed by atoms with Crippen molar-refractivity contribution in [3.63, 3.8) is 0 Å². The highest BCUT2D eigenvalue weighted by Crippen LogP contribution is 2.25. The molecular formula is C19H26N4O3S2. The van der Waals surface area contributed by atoms with E-state index in [2.05, 4.69) is 17.2 Å². The molecule has 0 aliphatic carbocycles. The van der Waals surface area contributed by atoms with Gasteiger partial charge >= 0.3 is 0 Å². The van der Waals surface area contributed by atoms with Crippen molar-refractivity contribution in [1.29, 1.82) is 0 Å². The van der Waals surface area contributed by atoms with Crippen molar-refractivity contribution in [1.82, 2.24) is 13.9 Å². The number of aryl methyl sites for hydroxylation is 1. The molecule has 1 aliphatic rings. The number of benzene rings is 1. The van der Waals surface area contributed by atoms with E-state index in [0.29, 0.717) is 18.8 Å². The number of nitrogens with zero attached hydrogens (tertiary/aromatic N) is 3. The first-order valence-corrected chi connectivity index (χ1v) is 11.8. The van der Waals surface area contributed by atoms with Gasteiger partial charge in [0.15, 0.2) is 5.16 Å². The Bertz CT molecular complexity index is 904. The molecule has 9 heteroatoms. The lowest BCUT2D eigenvalue weighted by Crippen LogP contribution is -2.27. The van der Waals surface area contributed by atoms with Gasteiger partial charge in [-0.3, -0.25) is 4.79 Å². The summed E-state index contributed by atoms with van der Waals surface area (Å²) in [5.41, 5.74) is 0.578. The lowest BCUT2D eigenvalue weighted by molar-refractivity contribution is -0.115. The number of carbonyl (C=O) groups is 1. The van der Waals surface area contributed by atoms with E-state index in [-0.39, 0.29) is 16.1 Å². The summed E-state index contributed by atoms with van der Waals surface area (Å²) < 4.78 is 28.7. The molecule has 1 atom stereocenters. The molecule has 1 aromatic carbocycles. The number of hydrogen-bond acceptors (Lipinski definition) is 5. The molecule has 0 spiro atoms. The Morgan fingerprint density at radius 1 is 1.25 bits per heavy atom. The van der Waals surface area contributed by atoms with E-state index in [0.717, 1.165) is 31.0 Å². The number of carbonyl (C=O) groups excluding carboxylic acids is 1. The highest BCUT2D eigenvalue weighted by molar-refractivity contribution is 8.00. The van der Waals surface area contributed by atoms with Crippen LogP contribution in [0, 0.1) is 0 Å². The first kappa shape index (κ1) is 20.9. The second kappa shape index (κ2) is 9.11. The van der Waals surface area contributed by atoms with E-state index >= 15 is 0 Å². The van der Waals surface area contributed by atoms with Crippen LogP contribution in [0.4, 0.5) is 5.69 Å². The monoisotopic (exact) mass is 422 g/mol. The van der Waals surface area contributed by atoms with Crippen LogP contribution in [0.1, 0.15) is 33.1 Å². The van der Waals surface area contributed by atoms with Gasteiger partial charge in [-0.25, -0.2) is 13.4 Å². The highest BCUT2D eigenvalue weighted by Gasteiger charge is 2.27. The maximum atomic E-state index is 12.6. The maximum absolute atomic E-state index is 12.6. The van der Waals surface area contributed by atoms with Crippen LogP contribution >= 0.6 is 11.8 Å². The minimum atomic E-state index is -3.44. The van der Waals surface area contributed by atoms with Crippen molar-refractivity contribution in [3.05, 3.63) is 36.7 Å². The van der Waals surface area contributed by atoms with Gasteiger partial charge in [-0.05, 0) is 50.5 Å². The predicted octanol–water partition coefficient (Wildman–Crippen LogP) is 3.20. The molecule has 0 radical (unpaired) electrons. The molecule has 1 saturated heterocycles. The van der Waals surface area contributed by atoms with E-state index in [1.165, 1.54) is 16.1 Å². The SMILES string of the molecule is CCCn1ccnc1S[C@@H](C)C(=O)Nc1ccc(S(=O)(=O)N2CCCC2)cc1. The summed E-state index contributed by atoms with van der Waals surface area (Å²) in [5.74, 6) is -0.147. The van der Waals surface area contributed by atoms with Crippen LogP contribution < -0.4 is 5.32 Å². The molecule has 2 heterocycles. The van der Waals surface area contributed by atoms with E-state index in [9.17, 15) is 13.2 Å². The van der Waals surface area contributed by atoms with Gasteiger partial charge in [-0.2, -0.15) is 4.31 Å². The fourth-order valence-corrected chi connectivity index (χ4v) is 5.48. The van der Waals surface area contributed by atoms with Gasteiger partial charge in [-0.15, -0.1) is 0 Å². The molecule has 1 fully saturated rings. The van der Waals surface area contributed by atoms with Crippen molar-refractivity contribution < 1.29 is 13.2 Å². The second-order valence-electron chi connectivity index (χ2n) is 6.79. The number of rotatable bonds is 8. The minimum Gasteiger partial charge on any atom is -0.326 e. The average molecular weight is 423 g/mol. The second-order valence-corrected chi connectivity index (χ2v) is 10.0. The Hall–Kier alpha value is -1.84. The number of nitrogens with one attached hydrogen (secondary N) is 1. The molecule has 1 aliphatic heterocycles. The first-order valence-electron chi connectivity index (χ1n) is 9.50. The molecule has 1 amide bonds. The largest absolute Gasteiger partial charge is 0.326 e. The van der Waals surface area contributed by atoms with Gasteiger partial charge < -0.3 is 9.88 Å². The van der Waals surface area contributed by atoms with Gasteiger partial charge in [0.25, 0.3) is 0 Å². The first-order chi connectivity index (χ1) is 13.4. The van der Waals surface area contributed by atoms with E-state index in [1.807, 2.05) is 17.7 Å². The Morgan fingerprint density at radius 3 is 2.57 bits per heavy atom. The van der Waals surface area contributed by atoms with Crippen LogP contribution in [0.25, 0.3) is 0 Å². The number of hydrogen-bond donors (Lipinski definition) is 1. The maximum Gasteiger partial charge on any atom is 0.243 e. The summed E-state index contributed by atoms with van der Waals surface area (Å²) in [6.07, 6.45) is 6.45. The lowest BCUT2D eigenvalue weighted by Gasteiger charge is -2.16. The third-order valence-corrected chi connectivity index (χ3v) is 7.65. The summed E-state index contributed by atoms with van der Waals surface area (Å²) in [5, 5.41) is 3.34. The molecule has 3 rings (SSSR count). The molecule has 152 valence electrons. The molecule has 28 heavy (non-hydrogen) atoms. The van der Waals surface area contributed by atoms with Crippen LogP contribution in [0.5, 0.6) is 0 Å². The van der Waals surface area contributed by atoms with Crippen molar-refractivity contribution >= 4 is 33.4 Å². The van der Waals surface area contributed by atoms with E-state index in [1.54, 1.807) is 30.5 Å². The Morgan fingerprint density at radius 2 is 1.93 bits per heavy atom. The van der Waals surface area contributed by atoms with Crippen LogP contribution in [0.3, 0.4) is 0 Å². The zero-order valence-electron chi connectivity index (χ0n) is 16.2. The van der Waals surface area contributed by atoms with Crippen LogP contribution in [0.2, 0.25) is 0 Å². The molecule has 7 nitrogen and oxygen atoms in total. The molecule has 1 aromatic heterocycles. The number of thioether (sulfide) groups is 1. The number of aromatic nitrogens is 2. The lowest BCUT2D eigenvalue weighted by atomic mass is 10.3. The van der Waals surface area contributed by atoms with Crippen molar-refractivity contribution in [2.24, 2.45) is 0 Å². The van der Waals surface area contributed by atoms with Crippen molar-refractivity contribution in [3.8, 4) is 0 Å². The van der Waals surface area contributed by atoms with Crippen LogP contribution in [-0.2, 0) is 21.4 Å². The van der Waals surface area contributed by atoms with Gasteiger partial charge in [0.05, 0.1) is 10.1 Å². The number of anilines is 1. The summed E-state index contributed by atoms with van der Waals surface area (Å²) in [6.45, 7) is 5.94. The normalized spacial score (nSPS) is 16.2. The topological polar surface area (TPSA) is 84.3 Å². The third-order valence-electron chi connectivity index (χ3n) is 4.62. The van der Waals surface area contributed by atoms with Crippen molar-refractivity contribution in [2.75, 3.05) is 18.4 Å².